The monoisotopic (exact) mass is 345 g/mol. The molecule has 0 radical (unpaired) electrons. The summed E-state index contributed by atoms with van der Waals surface area (Å²) in [5.41, 5.74) is 6.66. The minimum atomic E-state index is -0.486. The van der Waals surface area contributed by atoms with E-state index in [-0.39, 0.29) is 11.3 Å². The van der Waals surface area contributed by atoms with E-state index in [2.05, 4.69) is 13.2 Å². The van der Waals surface area contributed by atoms with Gasteiger partial charge in [0.05, 0.1) is 24.3 Å². The summed E-state index contributed by atoms with van der Waals surface area (Å²) in [6, 6.07) is 4.47. The van der Waals surface area contributed by atoms with E-state index in [1.807, 2.05) is 12.2 Å². The van der Waals surface area contributed by atoms with Crippen molar-refractivity contribution in [1.82, 2.24) is 0 Å². The van der Waals surface area contributed by atoms with Crippen molar-refractivity contribution < 1.29 is 19.1 Å². The number of allylic oxidation sites excluding steroid dienone is 2. The lowest BCUT2D eigenvalue weighted by Crippen LogP contribution is -2.12. The average molecular weight is 345 g/mol. The Morgan fingerprint density at radius 3 is 2.00 bits per heavy atom. The fourth-order valence-electron chi connectivity index (χ4n) is 2.15. The maximum atomic E-state index is 12.0. The molecule has 0 aromatic heterocycles. The number of anilines is 1. The third-order valence-electron chi connectivity index (χ3n) is 3.58. The summed E-state index contributed by atoms with van der Waals surface area (Å²) in [4.78, 5) is 24.0. The van der Waals surface area contributed by atoms with Gasteiger partial charge >= 0.3 is 11.9 Å². The molecule has 0 aliphatic heterocycles. The zero-order valence-electron chi connectivity index (χ0n) is 14.7. The van der Waals surface area contributed by atoms with Crippen molar-refractivity contribution in [1.29, 1.82) is 0 Å². The van der Waals surface area contributed by atoms with Gasteiger partial charge in [0, 0.05) is 5.69 Å². The van der Waals surface area contributed by atoms with Crippen LogP contribution in [0, 0.1) is 0 Å². The molecule has 0 bridgehead atoms. The van der Waals surface area contributed by atoms with Crippen LogP contribution in [0.2, 0.25) is 0 Å². The molecule has 0 unspecified atom stereocenters. The Morgan fingerprint density at radius 2 is 1.48 bits per heavy atom. The molecule has 5 heteroatoms. The Labute approximate surface area is 149 Å². The third-order valence-corrected chi connectivity index (χ3v) is 3.58. The Kier molecular flexibility index (Phi) is 9.75. The molecular formula is C20H27NO4. The molecule has 0 amide bonds. The highest BCUT2D eigenvalue weighted by molar-refractivity contribution is 5.98. The van der Waals surface area contributed by atoms with Gasteiger partial charge < -0.3 is 15.2 Å². The molecule has 0 saturated heterocycles. The number of nitrogens with two attached hydrogens (primary N) is 1. The lowest BCUT2D eigenvalue weighted by atomic mass is 10.1. The van der Waals surface area contributed by atoms with Crippen LogP contribution in [0.5, 0.6) is 0 Å². The molecule has 1 aromatic carbocycles. The Balaban J connectivity index is 2.49. The summed E-state index contributed by atoms with van der Waals surface area (Å²) in [6.07, 6.45) is 8.85. The number of benzene rings is 1. The molecule has 2 N–H and O–H groups in total. The van der Waals surface area contributed by atoms with E-state index < -0.39 is 11.9 Å². The minimum absolute atomic E-state index is 0.206. The molecule has 136 valence electrons. The van der Waals surface area contributed by atoms with Crippen LogP contribution in [0.4, 0.5) is 5.69 Å². The summed E-state index contributed by atoms with van der Waals surface area (Å²) in [7, 11) is 0. The van der Waals surface area contributed by atoms with Gasteiger partial charge in [0.25, 0.3) is 0 Å². The quantitative estimate of drug-likeness (QED) is 0.264. The van der Waals surface area contributed by atoms with E-state index in [0.717, 1.165) is 38.5 Å². The van der Waals surface area contributed by atoms with Crippen LogP contribution in [0.3, 0.4) is 0 Å². The zero-order chi connectivity index (χ0) is 18.5. The molecule has 1 rings (SSSR count). The van der Waals surface area contributed by atoms with Gasteiger partial charge in [0.1, 0.15) is 0 Å². The molecule has 0 aliphatic rings. The largest absolute Gasteiger partial charge is 0.462 e. The number of unbranched alkanes of at least 4 members (excludes halogenated alkanes) is 4. The van der Waals surface area contributed by atoms with E-state index >= 15 is 0 Å². The molecule has 0 atom stereocenters. The number of esters is 2. The van der Waals surface area contributed by atoms with Gasteiger partial charge in [0.2, 0.25) is 0 Å². The second-order valence-electron chi connectivity index (χ2n) is 5.64. The number of hydrogen-bond donors (Lipinski definition) is 1. The number of carbonyl (C=O) groups is 2. The van der Waals surface area contributed by atoms with Gasteiger partial charge in [-0.25, -0.2) is 9.59 Å². The van der Waals surface area contributed by atoms with Crippen molar-refractivity contribution >= 4 is 17.6 Å². The molecule has 0 fully saturated rings. The summed E-state index contributed by atoms with van der Waals surface area (Å²) < 4.78 is 10.4. The number of ether oxygens (including phenoxy) is 2. The normalized spacial score (nSPS) is 10.1. The van der Waals surface area contributed by atoms with Gasteiger partial charge in [0.15, 0.2) is 0 Å². The Hall–Kier alpha value is -2.56. The smallest absolute Gasteiger partial charge is 0.340 e. The molecule has 0 saturated carbocycles. The zero-order valence-corrected chi connectivity index (χ0v) is 14.7. The first-order valence-corrected chi connectivity index (χ1v) is 8.55. The van der Waals surface area contributed by atoms with Crippen LogP contribution in [0.25, 0.3) is 0 Å². The highest BCUT2D eigenvalue weighted by Crippen LogP contribution is 2.17. The number of rotatable bonds is 12. The molecule has 0 aliphatic carbocycles. The Bertz CT molecular complexity index is 595. The maximum absolute atomic E-state index is 12.0. The van der Waals surface area contributed by atoms with Crippen LogP contribution in [0.1, 0.15) is 59.2 Å². The van der Waals surface area contributed by atoms with E-state index in [1.54, 1.807) is 0 Å². The molecule has 0 heterocycles. The fraction of sp³-hybridized carbons (Fsp3) is 0.400. The van der Waals surface area contributed by atoms with Crippen molar-refractivity contribution in [3.05, 3.63) is 54.6 Å². The number of carbonyl (C=O) groups excluding carboxylic acids is 2. The van der Waals surface area contributed by atoms with Gasteiger partial charge in [-0.2, -0.15) is 0 Å². The lowest BCUT2D eigenvalue weighted by molar-refractivity contribution is 0.0485. The van der Waals surface area contributed by atoms with Gasteiger partial charge in [-0.3, -0.25) is 0 Å². The number of nitrogen functional groups attached to an aromatic ring is 1. The highest BCUT2D eigenvalue weighted by atomic mass is 16.5. The van der Waals surface area contributed by atoms with E-state index in [9.17, 15) is 9.59 Å². The first-order chi connectivity index (χ1) is 12.1. The SMILES string of the molecule is C=CCCCCOC(=O)c1ccc(C(=O)OCCCCC=C)c(N)c1. The predicted molar refractivity (Wildman–Crippen MR) is 99.5 cm³/mol. The van der Waals surface area contributed by atoms with Crippen molar-refractivity contribution in [2.24, 2.45) is 0 Å². The molecular weight excluding hydrogens is 318 g/mol. The van der Waals surface area contributed by atoms with Gasteiger partial charge in [-0.15, -0.1) is 13.2 Å². The van der Waals surface area contributed by atoms with Crippen molar-refractivity contribution in [2.45, 2.75) is 38.5 Å². The van der Waals surface area contributed by atoms with Crippen molar-refractivity contribution in [3.63, 3.8) is 0 Å². The Morgan fingerprint density at radius 1 is 0.920 bits per heavy atom. The van der Waals surface area contributed by atoms with E-state index in [1.165, 1.54) is 18.2 Å². The molecule has 1 aromatic rings. The third kappa shape index (κ3) is 7.70. The molecule has 5 nitrogen and oxygen atoms in total. The average Bonchev–Trinajstić information content (AvgIpc) is 2.60. The van der Waals surface area contributed by atoms with Crippen LogP contribution in [-0.2, 0) is 9.47 Å². The topological polar surface area (TPSA) is 78.6 Å². The maximum Gasteiger partial charge on any atom is 0.340 e. The number of hydrogen-bond acceptors (Lipinski definition) is 5. The summed E-state index contributed by atoms with van der Waals surface area (Å²) in [5, 5.41) is 0. The standard InChI is InChI=1S/C20H27NO4/c1-3-5-7-9-13-24-19(22)16-11-12-17(18(21)15-16)20(23)25-14-10-8-6-4-2/h3-4,11-12,15H,1-2,5-10,13-14,21H2. The van der Waals surface area contributed by atoms with Gasteiger partial charge in [-0.1, -0.05) is 12.2 Å². The van der Waals surface area contributed by atoms with Gasteiger partial charge in [-0.05, 0) is 56.7 Å². The van der Waals surface area contributed by atoms with Crippen molar-refractivity contribution in [2.75, 3.05) is 18.9 Å². The second-order valence-corrected chi connectivity index (χ2v) is 5.64. The summed E-state index contributed by atoms with van der Waals surface area (Å²) in [5.74, 6) is -0.935. The summed E-state index contributed by atoms with van der Waals surface area (Å²) >= 11 is 0. The van der Waals surface area contributed by atoms with Crippen molar-refractivity contribution in [3.8, 4) is 0 Å². The molecule has 0 spiro atoms. The molecule has 25 heavy (non-hydrogen) atoms. The second kappa shape index (κ2) is 11.9. The van der Waals surface area contributed by atoms with Crippen LogP contribution in [0.15, 0.2) is 43.5 Å². The summed E-state index contributed by atoms with van der Waals surface area (Å²) in [6.45, 7) is 7.96. The van der Waals surface area contributed by atoms with E-state index in [4.69, 9.17) is 15.2 Å². The predicted octanol–water partition coefficient (Wildman–Crippen LogP) is 4.30. The van der Waals surface area contributed by atoms with Crippen LogP contribution < -0.4 is 5.73 Å². The first-order valence-electron chi connectivity index (χ1n) is 8.55. The minimum Gasteiger partial charge on any atom is -0.462 e. The highest BCUT2D eigenvalue weighted by Gasteiger charge is 2.15. The van der Waals surface area contributed by atoms with Crippen LogP contribution >= 0.6 is 0 Å². The van der Waals surface area contributed by atoms with E-state index in [0.29, 0.717) is 18.8 Å². The fourth-order valence-corrected chi connectivity index (χ4v) is 2.15. The first kappa shape index (κ1) is 20.5. The van der Waals surface area contributed by atoms with Crippen LogP contribution in [-0.4, -0.2) is 25.2 Å². The lowest BCUT2D eigenvalue weighted by Gasteiger charge is -2.09.